The van der Waals surface area contributed by atoms with E-state index >= 15 is 0 Å². The first-order valence-electron chi connectivity index (χ1n) is 6.41. The summed E-state index contributed by atoms with van der Waals surface area (Å²) in [6.07, 6.45) is 3.85. The Hall–Kier alpha value is -0.780. The average Bonchev–Trinajstić information content (AvgIpc) is 2.42. The summed E-state index contributed by atoms with van der Waals surface area (Å²) < 4.78 is 16.0. The van der Waals surface area contributed by atoms with E-state index in [0.717, 1.165) is 27.5 Å². The van der Waals surface area contributed by atoms with E-state index in [0.29, 0.717) is 5.56 Å². The molecule has 0 aliphatic carbocycles. The summed E-state index contributed by atoms with van der Waals surface area (Å²) in [4.78, 5) is 3.82. The number of hydrogen-bond acceptors (Lipinski definition) is 2. The van der Waals surface area contributed by atoms with Crippen LogP contribution in [0.2, 0.25) is 0 Å². The van der Waals surface area contributed by atoms with E-state index in [4.69, 9.17) is 0 Å². The molecule has 0 aliphatic rings. The van der Waals surface area contributed by atoms with Crippen LogP contribution in [0.3, 0.4) is 0 Å². The van der Waals surface area contributed by atoms with Gasteiger partial charge in [0.15, 0.2) is 0 Å². The third-order valence-corrected chi connectivity index (χ3v) is 4.17. The summed E-state index contributed by atoms with van der Waals surface area (Å²) in [6.45, 7) is 2.90. The molecule has 5 heteroatoms. The number of halogens is 3. The van der Waals surface area contributed by atoms with Crippen LogP contribution in [0.4, 0.5) is 4.39 Å². The van der Waals surface area contributed by atoms with Gasteiger partial charge in [0.25, 0.3) is 0 Å². The van der Waals surface area contributed by atoms with Gasteiger partial charge in [-0.3, -0.25) is 4.98 Å². The monoisotopic (exact) mass is 400 g/mol. The van der Waals surface area contributed by atoms with E-state index in [9.17, 15) is 4.39 Å². The van der Waals surface area contributed by atoms with Crippen LogP contribution in [0, 0.1) is 5.82 Å². The fourth-order valence-corrected chi connectivity index (χ4v) is 3.31. The van der Waals surface area contributed by atoms with Gasteiger partial charge in [-0.1, -0.05) is 44.8 Å². The van der Waals surface area contributed by atoms with Gasteiger partial charge in [0.2, 0.25) is 0 Å². The SMILES string of the molecule is CCCNC(c1ccncc1F)c1ccc(Br)cc1Br. The van der Waals surface area contributed by atoms with E-state index in [1.165, 1.54) is 6.20 Å². The highest BCUT2D eigenvalue weighted by molar-refractivity contribution is 9.11. The fourth-order valence-electron chi connectivity index (χ4n) is 2.03. The van der Waals surface area contributed by atoms with E-state index in [2.05, 4.69) is 49.1 Å². The average molecular weight is 402 g/mol. The first kappa shape index (κ1) is 15.6. The van der Waals surface area contributed by atoms with Crippen molar-refractivity contribution in [3.05, 3.63) is 62.5 Å². The van der Waals surface area contributed by atoms with Crippen molar-refractivity contribution in [2.75, 3.05) is 6.54 Å². The van der Waals surface area contributed by atoms with Gasteiger partial charge >= 0.3 is 0 Å². The van der Waals surface area contributed by atoms with Crippen LogP contribution in [-0.2, 0) is 0 Å². The van der Waals surface area contributed by atoms with Crippen molar-refractivity contribution in [1.29, 1.82) is 0 Å². The lowest BCUT2D eigenvalue weighted by Crippen LogP contribution is -2.24. The minimum Gasteiger partial charge on any atom is -0.306 e. The zero-order valence-electron chi connectivity index (χ0n) is 11.0. The zero-order valence-corrected chi connectivity index (χ0v) is 14.2. The van der Waals surface area contributed by atoms with Crippen LogP contribution in [0.15, 0.2) is 45.6 Å². The Bertz CT molecular complexity index is 590. The van der Waals surface area contributed by atoms with Crippen molar-refractivity contribution in [3.63, 3.8) is 0 Å². The summed E-state index contributed by atoms with van der Waals surface area (Å²) in [6, 6.07) is 7.44. The molecule has 2 aromatic rings. The van der Waals surface area contributed by atoms with Gasteiger partial charge in [0.05, 0.1) is 12.2 Å². The zero-order chi connectivity index (χ0) is 14.5. The number of nitrogens with zero attached hydrogens (tertiary/aromatic N) is 1. The van der Waals surface area contributed by atoms with Crippen molar-refractivity contribution in [3.8, 4) is 0 Å². The minimum absolute atomic E-state index is 0.194. The molecule has 2 nitrogen and oxygen atoms in total. The molecule has 0 saturated heterocycles. The van der Waals surface area contributed by atoms with Crippen molar-refractivity contribution in [1.82, 2.24) is 10.3 Å². The van der Waals surface area contributed by atoms with Gasteiger partial charge in [0.1, 0.15) is 5.82 Å². The first-order valence-corrected chi connectivity index (χ1v) is 7.99. The van der Waals surface area contributed by atoms with Crippen LogP contribution in [0.1, 0.15) is 30.5 Å². The standard InChI is InChI=1S/C15H15Br2FN2/c1-2-6-20-15(12-5-7-19-9-14(12)18)11-4-3-10(16)8-13(11)17/h3-5,7-9,15,20H,2,6H2,1H3. The topological polar surface area (TPSA) is 24.9 Å². The van der Waals surface area contributed by atoms with E-state index < -0.39 is 0 Å². The Labute approximate surface area is 135 Å². The molecule has 0 bridgehead atoms. The third kappa shape index (κ3) is 3.65. The number of rotatable bonds is 5. The largest absolute Gasteiger partial charge is 0.306 e. The highest BCUT2D eigenvalue weighted by atomic mass is 79.9. The maximum absolute atomic E-state index is 14.0. The molecule has 1 aromatic carbocycles. The third-order valence-electron chi connectivity index (χ3n) is 2.99. The quantitative estimate of drug-likeness (QED) is 0.775. The predicted octanol–water partition coefficient (Wildman–Crippen LogP) is 4.83. The van der Waals surface area contributed by atoms with E-state index in [1.807, 2.05) is 18.2 Å². The Balaban J connectivity index is 2.44. The normalized spacial score (nSPS) is 12.4. The van der Waals surface area contributed by atoms with Gasteiger partial charge < -0.3 is 5.32 Å². The summed E-state index contributed by atoms with van der Waals surface area (Å²) in [5, 5.41) is 3.39. The molecule has 0 saturated carbocycles. The second-order valence-corrected chi connectivity index (χ2v) is 6.22. The van der Waals surface area contributed by atoms with Gasteiger partial charge in [-0.25, -0.2) is 4.39 Å². The fraction of sp³-hybridized carbons (Fsp3) is 0.267. The van der Waals surface area contributed by atoms with Gasteiger partial charge in [0, 0.05) is 20.7 Å². The maximum Gasteiger partial charge on any atom is 0.146 e. The second-order valence-electron chi connectivity index (χ2n) is 4.45. The highest BCUT2D eigenvalue weighted by Gasteiger charge is 2.19. The Morgan fingerprint density at radius 2 is 2.05 bits per heavy atom. The van der Waals surface area contributed by atoms with Crippen LogP contribution >= 0.6 is 31.9 Å². The molecule has 1 aromatic heterocycles. The molecule has 20 heavy (non-hydrogen) atoms. The van der Waals surface area contributed by atoms with Crippen LogP contribution in [-0.4, -0.2) is 11.5 Å². The Morgan fingerprint density at radius 3 is 2.70 bits per heavy atom. The lowest BCUT2D eigenvalue weighted by atomic mass is 9.99. The summed E-state index contributed by atoms with van der Waals surface area (Å²) >= 11 is 6.99. The van der Waals surface area contributed by atoms with Crippen LogP contribution in [0.5, 0.6) is 0 Å². The lowest BCUT2D eigenvalue weighted by Gasteiger charge is -2.21. The molecule has 1 N–H and O–H groups in total. The molecule has 0 fully saturated rings. The van der Waals surface area contributed by atoms with Gasteiger partial charge in [-0.05, 0) is 36.7 Å². The molecular weight excluding hydrogens is 387 g/mol. The Morgan fingerprint density at radius 1 is 1.25 bits per heavy atom. The predicted molar refractivity (Wildman–Crippen MR) is 86.2 cm³/mol. The molecule has 1 heterocycles. The van der Waals surface area contributed by atoms with E-state index in [1.54, 1.807) is 12.3 Å². The number of aromatic nitrogens is 1. The molecule has 0 aliphatic heterocycles. The van der Waals surface area contributed by atoms with Crippen molar-refractivity contribution in [2.24, 2.45) is 0 Å². The van der Waals surface area contributed by atoms with Crippen molar-refractivity contribution in [2.45, 2.75) is 19.4 Å². The molecule has 106 valence electrons. The molecule has 0 radical (unpaired) electrons. The Kier molecular flexibility index (Phi) is 5.69. The van der Waals surface area contributed by atoms with Crippen molar-refractivity contribution >= 4 is 31.9 Å². The second kappa shape index (κ2) is 7.29. The number of pyridine rings is 1. The lowest BCUT2D eigenvalue weighted by molar-refractivity contribution is 0.542. The summed E-state index contributed by atoms with van der Waals surface area (Å²) in [5.74, 6) is -0.295. The van der Waals surface area contributed by atoms with E-state index in [-0.39, 0.29) is 11.9 Å². The number of nitrogens with one attached hydrogen (secondary N) is 1. The number of benzene rings is 1. The highest BCUT2D eigenvalue weighted by Crippen LogP contribution is 2.31. The minimum atomic E-state index is -0.295. The van der Waals surface area contributed by atoms with Crippen LogP contribution < -0.4 is 5.32 Å². The van der Waals surface area contributed by atoms with Crippen molar-refractivity contribution < 1.29 is 4.39 Å². The summed E-state index contributed by atoms with van der Waals surface area (Å²) in [7, 11) is 0. The van der Waals surface area contributed by atoms with Gasteiger partial charge in [-0.15, -0.1) is 0 Å². The molecule has 0 spiro atoms. The van der Waals surface area contributed by atoms with Gasteiger partial charge in [-0.2, -0.15) is 0 Å². The molecular formula is C15H15Br2FN2. The molecule has 2 rings (SSSR count). The molecule has 1 atom stereocenters. The maximum atomic E-state index is 14.0. The summed E-state index contributed by atoms with van der Waals surface area (Å²) in [5.41, 5.74) is 1.61. The molecule has 1 unspecified atom stereocenters. The smallest absolute Gasteiger partial charge is 0.146 e. The van der Waals surface area contributed by atoms with Crippen LogP contribution in [0.25, 0.3) is 0 Å². The molecule has 0 amide bonds. The number of hydrogen-bond donors (Lipinski definition) is 1. The first-order chi connectivity index (χ1) is 9.63.